The summed E-state index contributed by atoms with van der Waals surface area (Å²) in [5.41, 5.74) is 0.494. The number of carbonyl (C=O) groups excluding carboxylic acids is 1. The second-order valence-electron chi connectivity index (χ2n) is 6.18. The summed E-state index contributed by atoms with van der Waals surface area (Å²) in [6.45, 7) is 6.64. The quantitative estimate of drug-likeness (QED) is 0.644. The molecule has 3 rings (SSSR count). The van der Waals surface area contributed by atoms with Crippen molar-refractivity contribution in [3.63, 3.8) is 0 Å². The number of carbonyl (C=O) groups is 1. The van der Waals surface area contributed by atoms with Crippen LogP contribution in [-0.4, -0.2) is 36.0 Å². The summed E-state index contributed by atoms with van der Waals surface area (Å²) >= 11 is 0. The minimum absolute atomic E-state index is 0.199. The Morgan fingerprint density at radius 1 is 1.40 bits per heavy atom. The van der Waals surface area contributed by atoms with Gasteiger partial charge in [0.2, 0.25) is 5.91 Å². The first-order valence-corrected chi connectivity index (χ1v) is 6.10. The maximum Gasteiger partial charge on any atom is 0.237 e. The highest BCUT2D eigenvalue weighted by molar-refractivity contribution is 5.83. The number of nitrogens with one attached hydrogen (secondary N) is 1. The lowest BCUT2D eigenvalue weighted by Gasteiger charge is -2.34. The maximum atomic E-state index is 11.7. The van der Waals surface area contributed by atoms with Crippen LogP contribution in [0.2, 0.25) is 0 Å². The Labute approximate surface area is 91.2 Å². The molecule has 2 saturated heterocycles. The molecule has 1 N–H and O–H groups in total. The van der Waals surface area contributed by atoms with E-state index >= 15 is 0 Å². The molecule has 0 spiro atoms. The van der Waals surface area contributed by atoms with E-state index in [1.807, 2.05) is 0 Å². The predicted molar refractivity (Wildman–Crippen MR) is 58.4 cm³/mol. The maximum absolute atomic E-state index is 11.7. The van der Waals surface area contributed by atoms with Gasteiger partial charge < -0.3 is 5.32 Å². The molecule has 3 heteroatoms. The highest BCUT2D eigenvalue weighted by Gasteiger charge is 2.52. The van der Waals surface area contributed by atoms with E-state index in [4.69, 9.17) is 0 Å². The van der Waals surface area contributed by atoms with Gasteiger partial charge in [0.1, 0.15) is 0 Å². The molecule has 3 atom stereocenters. The fraction of sp³-hybridized carbons (Fsp3) is 0.917. The molecule has 0 aromatic rings. The second kappa shape index (κ2) is 2.97. The number of nitrogens with zero attached hydrogens (tertiary/aromatic N) is 1. The number of hydrogen-bond donors (Lipinski definition) is 1. The van der Waals surface area contributed by atoms with E-state index in [1.54, 1.807) is 0 Å². The Morgan fingerprint density at radius 3 is 3.00 bits per heavy atom. The SMILES string of the molecule is CC1(C)CC2CC3C(=O)NCCN3C2C1. The minimum Gasteiger partial charge on any atom is -0.353 e. The lowest BCUT2D eigenvalue weighted by atomic mass is 9.88. The number of amides is 1. The molecule has 3 unspecified atom stereocenters. The standard InChI is InChI=1S/C12H20N2O/c1-12(2)6-8-5-9-11(15)13-3-4-14(9)10(8)7-12/h8-10H,3-7H2,1-2H3,(H,13,15). The molecule has 3 aliphatic rings. The average Bonchev–Trinajstić information content (AvgIpc) is 2.59. The molecular weight excluding hydrogens is 188 g/mol. The van der Waals surface area contributed by atoms with E-state index in [1.165, 1.54) is 12.8 Å². The van der Waals surface area contributed by atoms with Gasteiger partial charge in [-0.1, -0.05) is 13.8 Å². The third kappa shape index (κ3) is 1.40. The lowest BCUT2D eigenvalue weighted by Crippen LogP contribution is -2.54. The summed E-state index contributed by atoms with van der Waals surface area (Å²) < 4.78 is 0. The molecule has 15 heavy (non-hydrogen) atoms. The normalized spacial score (nSPS) is 43.6. The van der Waals surface area contributed by atoms with Crippen LogP contribution in [0.4, 0.5) is 0 Å². The van der Waals surface area contributed by atoms with Crippen molar-refractivity contribution in [1.82, 2.24) is 10.2 Å². The van der Waals surface area contributed by atoms with Crippen molar-refractivity contribution in [3.8, 4) is 0 Å². The van der Waals surface area contributed by atoms with Crippen molar-refractivity contribution in [3.05, 3.63) is 0 Å². The van der Waals surface area contributed by atoms with Crippen LogP contribution in [0.15, 0.2) is 0 Å². The van der Waals surface area contributed by atoms with Gasteiger partial charge in [0.15, 0.2) is 0 Å². The van der Waals surface area contributed by atoms with Gasteiger partial charge in [-0.25, -0.2) is 0 Å². The Bertz CT molecular complexity index is 300. The van der Waals surface area contributed by atoms with Crippen molar-refractivity contribution in [2.24, 2.45) is 11.3 Å². The lowest BCUT2D eigenvalue weighted by molar-refractivity contribution is -0.128. The van der Waals surface area contributed by atoms with Gasteiger partial charge in [-0.2, -0.15) is 0 Å². The Balaban J connectivity index is 1.82. The fourth-order valence-corrected chi connectivity index (χ4v) is 3.95. The highest BCUT2D eigenvalue weighted by atomic mass is 16.2. The smallest absolute Gasteiger partial charge is 0.237 e. The third-order valence-corrected chi connectivity index (χ3v) is 4.44. The molecular formula is C12H20N2O. The van der Waals surface area contributed by atoms with Crippen molar-refractivity contribution >= 4 is 5.91 Å². The van der Waals surface area contributed by atoms with Crippen molar-refractivity contribution in [2.45, 2.75) is 45.2 Å². The van der Waals surface area contributed by atoms with E-state index in [2.05, 4.69) is 24.1 Å². The number of hydrogen-bond acceptors (Lipinski definition) is 2. The van der Waals surface area contributed by atoms with Gasteiger partial charge in [0.25, 0.3) is 0 Å². The van der Waals surface area contributed by atoms with Crippen LogP contribution in [-0.2, 0) is 4.79 Å². The molecule has 0 bridgehead atoms. The van der Waals surface area contributed by atoms with Gasteiger partial charge >= 0.3 is 0 Å². The molecule has 3 nitrogen and oxygen atoms in total. The topological polar surface area (TPSA) is 32.3 Å². The van der Waals surface area contributed by atoms with Crippen LogP contribution >= 0.6 is 0 Å². The molecule has 1 amide bonds. The second-order valence-corrected chi connectivity index (χ2v) is 6.18. The summed E-state index contributed by atoms with van der Waals surface area (Å²) in [5.74, 6) is 1.04. The summed E-state index contributed by atoms with van der Waals surface area (Å²) in [4.78, 5) is 14.2. The first kappa shape index (κ1) is 9.64. The van der Waals surface area contributed by atoms with Crippen LogP contribution in [0.3, 0.4) is 0 Å². The van der Waals surface area contributed by atoms with Gasteiger partial charge in [0, 0.05) is 19.1 Å². The summed E-state index contributed by atoms with van der Waals surface area (Å²) in [7, 11) is 0. The number of piperazine rings is 1. The monoisotopic (exact) mass is 208 g/mol. The van der Waals surface area contributed by atoms with Crippen LogP contribution in [0, 0.1) is 11.3 Å². The Hall–Kier alpha value is -0.570. The molecule has 1 saturated carbocycles. The Morgan fingerprint density at radius 2 is 2.20 bits per heavy atom. The molecule has 0 aromatic carbocycles. The number of rotatable bonds is 0. The van der Waals surface area contributed by atoms with E-state index in [-0.39, 0.29) is 11.9 Å². The van der Waals surface area contributed by atoms with Gasteiger partial charge in [-0.15, -0.1) is 0 Å². The summed E-state index contributed by atoms with van der Waals surface area (Å²) in [6.07, 6.45) is 3.68. The molecule has 84 valence electrons. The zero-order chi connectivity index (χ0) is 10.6. The van der Waals surface area contributed by atoms with Crippen LogP contribution in [0.1, 0.15) is 33.1 Å². The van der Waals surface area contributed by atoms with Gasteiger partial charge in [-0.05, 0) is 30.6 Å². The van der Waals surface area contributed by atoms with Crippen molar-refractivity contribution in [2.75, 3.05) is 13.1 Å². The van der Waals surface area contributed by atoms with E-state index in [0.717, 1.165) is 25.4 Å². The first-order chi connectivity index (χ1) is 7.07. The first-order valence-electron chi connectivity index (χ1n) is 6.10. The molecule has 0 radical (unpaired) electrons. The van der Waals surface area contributed by atoms with E-state index in [9.17, 15) is 4.79 Å². The van der Waals surface area contributed by atoms with E-state index in [0.29, 0.717) is 11.5 Å². The van der Waals surface area contributed by atoms with Crippen LogP contribution < -0.4 is 5.32 Å². The number of fused-ring (bicyclic) bond motifs is 3. The van der Waals surface area contributed by atoms with E-state index < -0.39 is 0 Å². The molecule has 1 aliphatic carbocycles. The average molecular weight is 208 g/mol. The summed E-state index contributed by atoms with van der Waals surface area (Å²) in [6, 6.07) is 0.890. The third-order valence-electron chi connectivity index (χ3n) is 4.44. The van der Waals surface area contributed by atoms with Gasteiger partial charge in [0.05, 0.1) is 6.04 Å². The molecule has 0 aromatic heterocycles. The summed E-state index contributed by atoms with van der Waals surface area (Å²) in [5, 5.41) is 2.98. The van der Waals surface area contributed by atoms with Crippen molar-refractivity contribution in [1.29, 1.82) is 0 Å². The largest absolute Gasteiger partial charge is 0.353 e. The van der Waals surface area contributed by atoms with Gasteiger partial charge in [-0.3, -0.25) is 9.69 Å². The van der Waals surface area contributed by atoms with Crippen LogP contribution in [0.25, 0.3) is 0 Å². The molecule has 3 fully saturated rings. The fourth-order valence-electron chi connectivity index (χ4n) is 3.95. The van der Waals surface area contributed by atoms with Crippen LogP contribution in [0.5, 0.6) is 0 Å². The zero-order valence-electron chi connectivity index (χ0n) is 9.62. The minimum atomic E-state index is 0.199. The van der Waals surface area contributed by atoms with Crippen molar-refractivity contribution < 1.29 is 4.79 Å². The molecule has 2 heterocycles. The Kier molecular flexibility index (Phi) is 1.91. The molecule has 2 aliphatic heterocycles. The zero-order valence-corrected chi connectivity index (χ0v) is 9.62. The highest BCUT2D eigenvalue weighted by Crippen LogP contribution is 2.50. The predicted octanol–water partition coefficient (Wildman–Crippen LogP) is 0.995.